The number of nitrogens with one attached hydrogen (secondary N) is 1. The van der Waals surface area contributed by atoms with Crippen molar-refractivity contribution in [2.24, 2.45) is 5.92 Å². The first kappa shape index (κ1) is 17.0. The first-order chi connectivity index (χ1) is 9.24. The molecule has 0 aromatic heterocycles. The Bertz CT molecular complexity index is 416. The maximum absolute atomic E-state index is 12.7. The molecule has 0 aliphatic heterocycles. The topological polar surface area (TPSA) is 15.3 Å². The predicted octanol–water partition coefficient (Wildman–Crippen LogP) is 3.55. The van der Waals surface area contributed by atoms with Crippen molar-refractivity contribution in [3.63, 3.8) is 0 Å². The Morgan fingerprint density at radius 1 is 1.20 bits per heavy atom. The van der Waals surface area contributed by atoms with Crippen LogP contribution in [0.15, 0.2) is 24.3 Å². The van der Waals surface area contributed by atoms with Crippen molar-refractivity contribution in [2.45, 2.75) is 26.1 Å². The molecule has 0 saturated heterocycles. The molecule has 0 amide bonds. The van der Waals surface area contributed by atoms with Crippen molar-refractivity contribution in [2.75, 3.05) is 27.2 Å². The molecule has 1 aromatic carbocycles. The van der Waals surface area contributed by atoms with E-state index in [2.05, 4.69) is 24.1 Å². The zero-order valence-corrected chi connectivity index (χ0v) is 12.5. The monoisotopic (exact) mass is 288 g/mol. The van der Waals surface area contributed by atoms with Crippen LogP contribution in [-0.4, -0.2) is 32.1 Å². The third kappa shape index (κ3) is 5.13. The lowest BCUT2D eigenvalue weighted by Gasteiger charge is -2.26. The first-order valence-electron chi connectivity index (χ1n) is 6.77. The van der Waals surface area contributed by atoms with Gasteiger partial charge in [-0.05, 0) is 37.7 Å². The number of rotatable bonds is 6. The second-order valence-electron chi connectivity index (χ2n) is 5.58. The lowest BCUT2D eigenvalue weighted by atomic mass is 10.0. The Hall–Kier alpha value is -1.07. The standard InChI is InChI=1S/C15H23F3N2/c1-11(2)9-20(4)10-14(19-3)12-6-5-7-13(8-12)15(16,17)18/h5-8,11,14,19H,9-10H2,1-4H3. The largest absolute Gasteiger partial charge is 0.416 e. The van der Waals surface area contributed by atoms with Gasteiger partial charge in [0.1, 0.15) is 0 Å². The second kappa shape index (κ2) is 7.09. The molecule has 0 bridgehead atoms. The zero-order valence-electron chi connectivity index (χ0n) is 12.5. The normalized spacial score (nSPS) is 14.1. The van der Waals surface area contributed by atoms with Crippen LogP contribution in [0.2, 0.25) is 0 Å². The van der Waals surface area contributed by atoms with Crippen LogP contribution in [-0.2, 0) is 6.18 Å². The number of likely N-dealkylation sites (N-methyl/N-ethyl adjacent to an activating group) is 2. The molecule has 0 fully saturated rings. The van der Waals surface area contributed by atoms with Gasteiger partial charge in [0.25, 0.3) is 0 Å². The summed E-state index contributed by atoms with van der Waals surface area (Å²) in [7, 11) is 3.76. The molecule has 0 aliphatic carbocycles. The second-order valence-corrected chi connectivity index (χ2v) is 5.58. The zero-order chi connectivity index (χ0) is 15.3. The minimum atomic E-state index is -4.29. The van der Waals surface area contributed by atoms with Crippen LogP contribution >= 0.6 is 0 Å². The van der Waals surface area contributed by atoms with Crippen molar-refractivity contribution >= 4 is 0 Å². The number of benzene rings is 1. The van der Waals surface area contributed by atoms with Gasteiger partial charge in [-0.1, -0.05) is 26.0 Å². The lowest BCUT2D eigenvalue weighted by molar-refractivity contribution is -0.137. The molecule has 0 spiro atoms. The highest BCUT2D eigenvalue weighted by Crippen LogP contribution is 2.30. The van der Waals surface area contributed by atoms with Crippen LogP contribution < -0.4 is 5.32 Å². The van der Waals surface area contributed by atoms with E-state index in [1.165, 1.54) is 12.1 Å². The number of nitrogens with zero attached hydrogens (tertiary/aromatic N) is 1. The SMILES string of the molecule is CNC(CN(C)CC(C)C)c1cccc(C(F)(F)F)c1. The van der Waals surface area contributed by atoms with E-state index in [9.17, 15) is 13.2 Å². The van der Waals surface area contributed by atoms with E-state index >= 15 is 0 Å². The van der Waals surface area contributed by atoms with Crippen molar-refractivity contribution < 1.29 is 13.2 Å². The fraction of sp³-hybridized carbons (Fsp3) is 0.600. The van der Waals surface area contributed by atoms with Crippen LogP contribution in [0.1, 0.15) is 31.0 Å². The van der Waals surface area contributed by atoms with Gasteiger partial charge in [-0.3, -0.25) is 0 Å². The van der Waals surface area contributed by atoms with Crippen LogP contribution in [0.25, 0.3) is 0 Å². The van der Waals surface area contributed by atoms with E-state index in [0.717, 1.165) is 12.6 Å². The van der Waals surface area contributed by atoms with E-state index in [4.69, 9.17) is 0 Å². The van der Waals surface area contributed by atoms with Crippen LogP contribution in [0, 0.1) is 5.92 Å². The van der Waals surface area contributed by atoms with E-state index in [1.807, 2.05) is 7.05 Å². The van der Waals surface area contributed by atoms with Crippen molar-refractivity contribution in [1.29, 1.82) is 0 Å². The van der Waals surface area contributed by atoms with Gasteiger partial charge < -0.3 is 10.2 Å². The number of halogens is 3. The Kier molecular flexibility index (Phi) is 6.02. The molecule has 0 heterocycles. The summed E-state index contributed by atoms with van der Waals surface area (Å²) in [5.41, 5.74) is 0.0692. The van der Waals surface area contributed by atoms with Gasteiger partial charge in [0.2, 0.25) is 0 Å². The minimum absolute atomic E-state index is 0.110. The average Bonchev–Trinajstić information content (AvgIpc) is 2.34. The Balaban J connectivity index is 2.85. The van der Waals surface area contributed by atoms with Gasteiger partial charge >= 0.3 is 6.18 Å². The van der Waals surface area contributed by atoms with E-state index in [1.54, 1.807) is 13.1 Å². The summed E-state index contributed by atoms with van der Waals surface area (Å²) in [5.74, 6) is 0.527. The van der Waals surface area contributed by atoms with Crippen molar-refractivity contribution in [1.82, 2.24) is 10.2 Å². The molecule has 1 atom stereocenters. The van der Waals surface area contributed by atoms with E-state index in [0.29, 0.717) is 18.0 Å². The molecule has 1 rings (SSSR count). The molecule has 5 heteroatoms. The molecule has 114 valence electrons. The Morgan fingerprint density at radius 2 is 1.85 bits per heavy atom. The Morgan fingerprint density at radius 3 is 2.35 bits per heavy atom. The fourth-order valence-electron chi connectivity index (χ4n) is 2.30. The van der Waals surface area contributed by atoms with Gasteiger partial charge in [0, 0.05) is 19.1 Å². The van der Waals surface area contributed by atoms with Crippen LogP contribution in [0.4, 0.5) is 13.2 Å². The third-order valence-corrected chi connectivity index (χ3v) is 3.14. The first-order valence-corrected chi connectivity index (χ1v) is 6.77. The minimum Gasteiger partial charge on any atom is -0.312 e. The van der Waals surface area contributed by atoms with Gasteiger partial charge in [-0.2, -0.15) is 13.2 Å². The van der Waals surface area contributed by atoms with Gasteiger partial charge in [0.15, 0.2) is 0 Å². The molecular weight excluding hydrogens is 265 g/mol. The highest BCUT2D eigenvalue weighted by Gasteiger charge is 2.30. The van der Waals surface area contributed by atoms with Gasteiger partial charge in [0.05, 0.1) is 5.56 Å². The summed E-state index contributed by atoms with van der Waals surface area (Å²) >= 11 is 0. The van der Waals surface area contributed by atoms with E-state index in [-0.39, 0.29) is 6.04 Å². The molecule has 1 unspecified atom stereocenters. The van der Waals surface area contributed by atoms with Crippen LogP contribution in [0.3, 0.4) is 0 Å². The average molecular weight is 288 g/mol. The van der Waals surface area contributed by atoms with Crippen molar-refractivity contribution in [3.8, 4) is 0 Å². The summed E-state index contributed by atoms with van der Waals surface area (Å²) < 4.78 is 38.2. The molecule has 1 N–H and O–H groups in total. The third-order valence-electron chi connectivity index (χ3n) is 3.14. The smallest absolute Gasteiger partial charge is 0.312 e. The molecular formula is C15H23F3N2. The number of hydrogen-bond donors (Lipinski definition) is 1. The molecule has 2 nitrogen and oxygen atoms in total. The molecule has 0 aliphatic rings. The Labute approximate surface area is 119 Å². The summed E-state index contributed by atoms with van der Waals surface area (Å²) in [6.45, 7) is 5.83. The summed E-state index contributed by atoms with van der Waals surface area (Å²) in [4.78, 5) is 2.13. The highest BCUT2D eigenvalue weighted by molar-refractivity contribution is 5.28. The summed E-state index contributed by atoms with van der Waals surface area (Å²) in [6.07, 6.45) is -4.29. The highest BCUT2D eigenvalue weighted by atomic mass is 19.4. The summed E-state index contributed by atoms with van der Waals surface area (Å²) in [6, 6.07) is 5.42. The van der Waals surface area contributed by atoms with E-state index < -0.39 is 11.7 Å². The van der Waals surface area contributed by atoms with Gasteiger partial charge in [-0.25, -0.2) is 0 Å². The maximum atomic E-state index is 12.7. The molecule has 0 saturated carbocycles. The molecule has 0 radical (unpaired) electrons. The maximum Gasteiger partial charge on any atom is 0.416 e. The van der Waals surface area contributed by atoms with Crippen LogP contribution in [0.5, 0.6) is 0 Å². The molecule has 1 aromatic rings. The van der Waals surface area contributed by atoms with Gasteiger partial charge in [-0.15, -0.1) is 0 Å². The fourth-order valence-corrected chi connectivity index (χ4v) is 2.30. The number of alkyl halides is 3. The molecule has 20 heavy (non-hydrogen) atoms. The predicted molar refractivity (Wildman–Crippen MR) is 75.6 cm³/mol. The number of hydrogen-bond acceptors (Lipinski definition) is 2. The quantitative estimate of drug-likeness (QED) is 0.861. The lowest BCUT2D eigenvalue weighted by Crippen LogP contribution is -2.33. The summed E-state index contributed by atoms with van der Waals surface area (Å²) in [5, 5.41) is 3.09. The van der Waals surface area contributed by atoms with Crippen molar-refractivity contribution in [3.05, 3.63) is 35.4 Å².